The molecule has 0 fully saturated rings. The monoisotopic (exact) mass is 227 g/mol. The fraction of sp³-hybridized carbons (Fsp3) is 0.600. The maximum Gasteiger partial charge on any atom is 0.187 e. The van der Waals surface area contributed by atoms with E-state index in [-0.39, 0.29) is 6.10 Å². The van der Waals surface area contributed by atoms with Gasteiger partial charge in [-0.2, -0.15) is 0 Å². The van der Waals surface area contributed by atoms with Crippen molar-refractivity contribution < 1.29 is 5.11 Å². The van der Waals surface area contributed by atoms with Crippen molar-refractivity contribution in [3.05, 3.63) is 18.0 Å². The summed E-state index contributed by atoms with van der Waals surface area (Å²) < 4.78 is 0. The highest BCUT2D eigenvalue weighted by Crippen LogP contribution is 2.12. The average Bonchev–Trinajstić information content (AvgIpc) is 2.25. The number of nitrogens with one attached hydrogen (secondary N) is 1. The number of aryl methyl sites for hydroxylation is 1. The van der Waals surface area contributed by atoms with Crippen LogP contribution in [0.25, 0.3) is 0 Å². The summed E-state index contributed by atoms with van der Waals surface area (Å²) in [5.41, 5.74) is 1.05. The van der Waals surface area contributed by atoms with Gasteiger partial charge in [0.15, 0.2) is 5.16 Å². The number of rotatable bonds is 6. The molecule has 0 saturated carbocycles. The molecule has 5 heteroatoms. The quantitative estimate of drug-likeness (QED) is 0.557. The molecule has 1 heterocycles. The summed E-state index contributed by atoms with van der Waals surface area (Å²) in [4.78, 5) is 8.30. The Morgan fingerprint density at radius 2 is 2.13 bits per heavy atom. The van der Waals surface area contributed by atoms with Gasteiger partial charge in [-0.15, -0.1) is 0 Å². The molecule has 15 heavy (non-hydrogen) atoms. The SMILES string of the molecule is CCNCC(O)CSc1ncc(C)cn1. The second-order valence-electron chi connectivity index (χ2n) is 3.32. The zero-order chi connectivity index (χ0) is 11.1. The molecule has 0 radical (unpaired) electrons. The first-order valence-electron chi connectivity index (χ1n) is 5.02. The third-order valence-corrected chi connectivity index (χ3v) is 2.81. The maximum atomic E-state index is 9.56. The van der Waals surface area contributed by atoms with Gasteiger partial charge in [0.05, 0.1) is 6.10 Å². The van der Waals surface area contributed by atoms with Crippen LogP contribution < -0.4 is 5.32 Å². The van der Waals surface area contributed by atoms with Gasteiger partial charge in [0.2, 0.25) is 0 Å². The Morgan fingerprint density at radius 1 is 1.47 bits per heavy atom. The van der Waals surface area contributed by atoms with Crippen LogP contribution in [0.5, 0.6) is 0 Å². The van der Waals surface area contributed by atoms with Gasteiger partial charge in [-0.05, 0) is 19.0 Å². The van der Waals surface area contributed by atoms with Crippen LogP contribution in [0.1, 0.15) is 12.5 Å². The molecule has 0 saturated heterocycles. The van der Waals surface area contributed by atoms with Gasteiger partial charge >= 0.3 is 0 Å². The summed E-state index contributed by atoms with van der Waals surface area (Å²) in [6.45, 7) is 5.47. The highest BCUT2D eigenvalue weighted by Gasteiger charge is 2.05. The third kappa shape index (κ3) is 5.11. The lowest BCUT2D eigenvalue weighted by atomic mass is 10.4. The Balaban J connectivity index is 2.27. The lowest BCUT2D eigenvalue weighted by Gasteiger charge is -2.09. The normalized spacial score (nSPS) is 12.7. The number of likely N-dealkylation sites (N-methyl/N-ethyl adjacent to an activating group) is 1. The lowest BCUT2D eigenvalue weighted by Crippen LogP contribution is -2.28. The highest BCUT2D eigenvalue weighted by molar-refractivity contribution is 7.99. The molecule has 0 aromatic carbocycles. The topological polar surface area (TPSA) is 58.0 Å². The smallest absolute Gasteiger partial charge is 0.187 e. The molecule has 0 aliphatic heterocycles. The van der Waals surface area contributed by atoms with Crippen molar-refractivity contribution in [1.82, 2.24) is 15.3 Å². The van der Waals surface area contributed by atoms with Crippen molar-refractivity contribution in [1.29, 1.82) is 0 Å². The first-order chi connectivity index (χ1) is 7.22. The van der Waals surface area contributed by atoms with Crippen LogP contribution in [0.2, 0.25) is 0 Å². The van der Waals surface area contributed by atoms with Gasteiger partial charge < -0.3 is 10.4 Å². The minimum absolute atomic E-state index is 0.347. The van der Waals surface area contributed by atoms with Crippen molar-refractivity contribution in [3.8, 4) is 0 Å². The Kier molecular flexibility index (Phi) is 5.60. The predicted octanol–water partition coefficient (Wildman–Crippen LogP) is 0.848. The van der Waals surface area contributed by atoms with E-state index in [2.05, 4.69) is 15.3 Å². The van der Waals surface area contributed by atoms with Gasteiger partial charge in [-0.3, -0.25) is 0 Å². The Hall–Kier alpha value is -0.650. The van der Waals surface area contributed by atoms with Crippen molar-refractivity contribution in [2.24, 2.45) is 0 Å². The summed E-state index contributed by atoms with van der Waals surface area (Å²) in [6, 6.07) is 0. The number of nitrogens with zero attached hydrogens (tertiary/aromatic N) is 2. The van der Waals surface area contributed by atoms with Crippen LogP contribution in [-0.4, -0.2) is 40.0 Å². The summed E-state index contributed by atoms with van der Waals surface area (Å²) in [5.74, 6) is 0.621. The van der Waals surface area contributed by atoms with Gasteiger partial charge in [-0.1, -0.05) is 18.7 Å². The van der Waals surface area contributed by atoms with Crippen LogP contribution in [0, 0.1) is 6.92 Å². The lowest BCUT2D eigenvalue weighted by molar-refractivity contribution is 0.196. The minimum atomic E-state index is -0.347. The molecule has 0 aliphatic rings. The Bertz CT molecular complexity index is 279. The van der Waals surface area contributed by atoms with Crippen LogP contribution >= 0.6 is 11.8 Å². The van der Waals surface area contributed by atoms with Crippen LogP contribution in [-0.2, 0) is 0 Å². The van der Waals surface area contributed by atoms with E-state index < -0.39 is 0 Å². The molecule has 0 bridgehead atoms. The van der Waals surface area contributed by atoms with Crippen molar-refractivity contribution in [2.75, 3.05) is 18.8 Å². The van der Waals surface area contributed by atoms with E-state index in [0.717, 1.165) is 17.3 Å². The van der Waals surface area contributed by atoms with E-state index in [1.54, 1.807) is 12.4 Å². The number of aliphatic hydroxyl groups excluding tert-OH is 1. The molecule has 4 nitrogen and oxygen atoms in total. The van der Waals surface area contributed by atoms with Crippen molar-refractivity contribution in [3.63, 3.8) is 0 Å². The summed E-state index contributed by atoms with van der Waals surface area (Å²) in [7, 11) is 0. The predicted molar refractivity (Wildman–Crippen MR) is 62.0 cm³/mol. The van der Waals surface area contributed by atoms with Crippen LogP contribution in [0.15, 0.2) is 17.6 Å². The molecule has 1 unspecified atom stereocenters. The number of aliphatic hydroxyl groups is 1. The Morgan fingerprint density at radius 3 is 2.73 bits per heavy atom. The zero-order valence-electron chi connectivity index (χ0n) is 9.10. The number of hydrogen-bond acceptors (Lipinski definition) is 5. The van der Waals surface area contributed by atoms with Gasteiger partial charge in [0, 0.05) is 24.7 Å². The van der Waals surface area contributed by atoms with E-state index >= 15 is 0 Å². The number of thioether (sulfide) groups is 1. The first kappa shape index (κ1) is 12.4. The summed E-state index contributed by atoms with van der Waals surface area (Å²) in [5, 5.41) is 13.4. The van der Waals surface area contributed by atoms with Crippen LogP contribution in [0.3, 0.4) is 0 Å². The van der Waals surface area contributed by atoms with E-state index in [1.807, 2.05) is 13.8 Å². The molecule has 0 aliphatic carbocycles. The van der Waals surface area contributed by atoms with Crippen molar-refractivity contribution in [2.45, 2.75) is 25.1 Å². The molecule has 84 valence electrons. The van der Waals surface area contributed by atoms with E-state index in [9.17, 15) is 5.11 Å². The van der Waals surface area contributed by atoms with Gasteiger partial charge in [0.25, 0.3) is 0 Å². The van der Waals surface area contributed by atoms with Gasteiger partial charge in [-0.25, -0.2) is 9.97 Å². The van der Waals surface area contributed by atoms with Crippen LogP contribution in [0.4, 0.5) is 0 Å². The fourth-order valence-corrected chi connectivity index (χ4v) is 1.71. The fourth-order valence-electron chi connectivity index (χ4n) is 0.996. The molecule has 0 spiro atoms. The minimum Gasteiger partial charge on any atom is -0.391 e. The summed E-state index contributed by atoms with van der Waals surface area (Å²) >= 11 is 1.48. The first-order valence-corrected chi connectivity index (χ1v) is 6.01. The second-order valence-corrected chi connectivity index (χ2v) is 4.30. The zero-order valence-corrected chi connectivity index (χ0v) is 9.92. The molecule has 1 aromatic rings. The van der Waals surface area contributed by atoms with Crippen molar-refractivity contribution >= 4 is 11.8 Å². The second kappa shape index (κ2) is 6.76. The molecule has 1 rings (SSSR count). The maximum absolute atomic E-state index is 9.56. The van der Waals surface area contributed by atoms with E-state index in [0.29, 0.717) is 12.3 Å². The molecular weight excluding hydrogens is 210 g/mol. The average molecular weight is 227 g/mol. The molecule has 0 amide bonds. The molecule has 1 atom stereocenters. The number of hydrogen-bond donors (Lipinski definition) is 2. The molecular formula is C10H17N3OS. The third-order valence-electron chi connectivity index (χ3n) is 1.79. The van der Waals surface area contributed by atoms with E-state index in [1.165, 1.54) is 11.8 Å². The highest BCUT2D eigenvalue weighted by atomic mass is 32.2. The summed E-state index contributed by atoms with van der Waals surface area (Å²) in [6.07, 6.45) is 3.22. The van der Waals surface area contributed by atoms with E-state index in [4.69, 9.17) is 0 Å². The largest absolute Gasteiger partial charge is 0.391 e. The number of aromatic nitrogens is 2. The molecule has 1 aromatic heterocycles. The van der Waals surface area contributed by atoms with Gasteiger partial charge in [0.1, 0.15) is 0 Å². The molecule has 2 N–H and O–H groups in total. The standard InChI is InChI=1S/C10H17N3OS/c1-3-11-6-9(14)7-15-10-12-4-8(2)5-13-10/h4-5,9,11,14H,3,6-7H2,1-2H3. The Labute approximate surface area is 94.5 Å².